The van der Waals surface area contributed by atoms with Gasteiger partial charge in [-0.1, -0.05) is 33.1 Å². The molecule has 0 aliphatic heterocycles. The van der Waals surface area contributed by atoms with Crippen LogP contribution in [0.2, 0.25) is 0 Å². The first-order valence-corrected chi connectivity index (χ1v) is 6.88. The summed E-state index contributed by atoms with van der Waals surface area (Å²) in [4.78, 5) is 0. The van der Waals surface area contributed by atoms with Crippen LogP contribution in [-0.4, -0.2) is 18.2 Å². The zero-order valence-corrected chi connectivity index (χ0v) is 12.7. The molecule has 15 heavy (non-hydrogen) atoms. The zero-order chi connectivity index (χ0) is 10.8. The number of hydrogen-bond acceptors (Lipinski definition) is 3. The fourth-order valence-corrected chi connectivity index (χ4v) is 3.73. The molecule has 84 valence electrons. The first-order valence-electron chi connectivity index (χ1n) is 5.41. The Bertz CT molecular complexity index is 276. The second-order valence-corrected chi connectivity index (χ2v) is 5.96. The molecule has 3 unspecified atom stereocenters. The normalized spacial score (nSPS) is 29.3. The summed E-state index contributed by atoms with van der Waals surface area (Å²) in [6.07, 6.45) is 4.39. The van der Waals surface area contributed by atoms with E-state index >= 15 is 0 Å². The van der Waals surface area contributed by atoms with Crippen molar-refractivity contribution in [3.63, 3.8) is 0 Å². The van der Waals surface area contributed by atoms with E-state index in [1.165, 1.54) is 0 Å². The Morgan fingerprint density at radius 2 is 1.87 bits per heavy atom. The topological polar surface area (TPSA) is 57.2 Å². The van der Waals surface area contributed by atoms with Gasteiger partial charge in [-0.25, -0.2) is 8.42 Å². The fraction of sp³-hybridized carbons (Fsp3) is 1.00. The fourth-order valence-electron chi connectivity index (χ4n) is 2.44. The molecule has 0 aromatic heterocycles. The molecule has 5 heteroatoms. The van der Waals surface area contributed by atoms with Gasteiger partial charge >= 0.3 is 29.6 Å². The van der Waals surface area contributed by atoms with E-state index < -0.39 is 15.4 Å². The van der Waals surface area contributed by atoms with Crippen LogP contribution in [0, 0.1) is 11.8 Å². The van der Waals surface area contributed by atoms with Crippen molar-refractivity contribution in [1.29, 1.82) is 0 Å². The van der Waals surface area contributed by atoms with Crippen LogP contribution in [0.25, 0.3) is 0 Å². The Balaban J connectivity index is 0.00000196. The van der Waals surface area contributed by atoms with Gasteiger partial charge in [-0.05, 0) is 24.7 Å². The summed E-state index contributed by atoms with van der Waals surface area (Å²) >= 11 is 0. The van der Waals surface area contributed by atoms with E-state index in [1.807, 2.05) is 13.8 Å². The predicted molar refractivity (Wildman–Crippen MR) is 54.9 cm³/mol. The van der Waals surface area contributed by atoms with E-state index in [-0.39, 0.29) is 35.5 Å². The standard InChI is InChI=1S/C10H20O3S.Na/c1-3-8(2)9-6-4-5-7-10(9)14(11,12)13;/h8-10H,3-7H2,1-2H3,(H,11,12,13);/q;+1/p-1. The quantitative estimate of drug-likeness (QED) is 0.478. The average molecular weight is 242 g/mol. The molecular formula is C10H19NaO3S. The molecule has 1 aliphatic carbocycles. The molecule has 0 bridgehead atoms. The summed E-state index contributed by atoms with van der Waals surface area (Å²) in [5, 5.41) is -0.619. The van der Waals surface area contributed by atoms with E-state index in [2.05, 4.69) is 0 Å². The summed E-state index contributed by atoms with van der Waals surface area (Å²) in [6, 6.07) is 0. The minimum absolute atomic E-state index is 0. The third-order valence-electron chi connectivity index (χ3n) is 3.50. The van der Waals surface area contributed by atoms with Gasteiger partial charge in [0.25, 0.3) is 0 Å². The maximum absolute atomic E-state index is 11.1. The summed E-state index contributed by atoms with van der Waals surface area (Å²) in [7, 11) is -4.08. The SMILES string of the molecule is CCC(C)C1CCCCC1S(=O)(=O)[O-].[Na+]. The molecule has 0 aromatic carbocycles. The second-order valence-electron chi connectivity index (χ2n) is 4.37. The Kier molecular flexibility index (Phi) is 7.00. The van der Waals surface area contributed by atoms with Crippen molar-refractivity contribution in [2.75, 3.05) is 0 Å². The van der Waals surface area contributed by atoms with Crippen molar-refractivity contribution in [2.45, 2.75) is 51.2 Å². The van der Waals surface area contributed by atoms with Crippen molar-refractivity contribution in [3.8, 4) is 0 Å². The van der Waals surface area contributed by atoms with E-state index in [9.17, 15) is 13.0 Å². The molecule has 0 heterocycles. The van der Waals surface area contributed by atoms with Crippen LogP contribution in [0.5, 0.6) is 0 Å². The summed E-state index contributed by atoms with van der Waals surface area (Å²) in [5.74, 6) is 0.445. The molecule has 0 amide bonds. The Morgan fingerprint density at radius 1 is 1.33 bits per heavy atom. The van der Waals surface area contributed by atoms with Gasteiger partial charge in [-0.2, -0.15) is 0 Å². The van der Waals surface area contributed by atoms with Gasteiger partial charge in [0.1, 0.15) is 0 Å². The van der Waals surface area contributed by atoms with Crippen LogP contribution in [-0.2, 0) is 10.1 Å². The Labute approximate surface area is 115 Å². The van der Waals surface area contributed by atoms with Crippen molar-refractivity contribution < 1.29 is 42.5 Å². The van der Waals surface area contributed by atoms with Crippen LogP contribution >= 0.6 is 0 Å². The molecule has 1 aliphatic rings. The van der Waals surface area contributed by atoms with E-state index in [1.54, 1.807) is 0 Å². The smallest absolute Gasteiger partial charge is 0.748 e. The van der Waals surface area contributed by atoms with Gasteiger partial charge in [0.15, 0.2) is 0 Å². The molecule has 0 aromatic rings. The van der Waals surface area contributed by atoms with Crippen LogP contribution in [0.15, 0.2) is 0 Å². The molecule has 1 saturated carbocycles. The van der Waals surface area contributed by atoms with Crippen molar-refractivity contribution in [1.82, 2.24) is 0 Å². The summed E-state index contributed by atoms with van der Waals surface area (Å²) in [5.41, 5.74) is 0. The van der Waals surface area contributed by atoms with Gasteiger partial charge in [0.2, 0.25) is 0 Å². The zero-order valence-electron chi connectivity index (χ0n) is 9.90. The molecule has 3 nitrogen and oxygen atoms in total. The Morgan fingerprint density at radius 3 is 2.33 bits per heavy atom. The molecular weight excluding hydrogens is 223 g/mol. The maximum Gasteiger partial charge on any atom is 1.00 e. The van der Waals surface area contributed by atoms with Gasteiger partial charge < -0.3 is 4.55 Å². The first-order chi connectivity index (χ1) is 6.46. The molecule has 0 radical (unpaired) electrons. The third-order valence-corrected chi connectivity index (χ3v) is 4.83. The van der Waals surface area contributed by atoms with Crippen molar-refractivity contribution in [3.05, 3.63) is 0 Å². The molecule has 1 rings (SSSR count). The molecule has 1 fully saturated rings. The van der Waals surface area contributed by atoms with E-state index in [0.29, 0.717) is 12.3 Å². The van der Waals surface area contributed by atoms with Crippen LogP contribution in [0.1, 0.15) is 46.0 Å². The largest absolute Gasteiger partial charge is 1.00 e. The number of hydrogen-bond donors (Lipinski definition) is 0. The van der Waals surface area contributed by atoms with Gasteiger partial charge in [0.05, 0.1) is 15.4 Å². The second kappa shape index (κ2) is 6.60. The number of rotatable bonds is 3. The van der Waals surface area contributed by atoms with Gasteiger partial charge in [-0.15, -0.1) is 0 Å². The summed E-state index contributed by atoms with van der Waals surface area (Å²) in [6.45, 7) is 4.10. The van der Waals surface area contributed by atoms with E-state index in [0.717, 1.165) is 25.7 Å². The molecule has 0 spiro atoms. The van der Waals surface area contributed by atoms with Crippen molar-refractivity contribution >= 4 is 10.1 Å². The maximum atomic E-state index is 11.1. The third kappa shape index (κ3) is 4.35. The summed E-state index contributed by atoms with van der Waals surface area (Å²) < 4.78 is 33.2. The predicted octanol–water partition coefficient (Wildman–Crippen LogP) is -0.859. The minimum atomic E-state index is -4.08. The van der Waals surface area contributed by atoms with Gasteiger partial charge in [0, 0.05) is 0 Å². The van der Waals surface area contributed by atoms with Gasteiger partial charge in [-0.3, -0.25) is 0 Å². The molecule has 0 N–H and O–H groups in total. The monoisotopic (exact) mass is 242 g/mol. The minimum Gasteiger partial charge on any atom is -0.748 e. The van der Waals surface area contributed by atoms with Crippen molar-refractivity contribution in [2.24, 2.45) is 11.8 Å². The molecule has 0 saturated heterocycles. The van der Waals surface area contributed by atoms with Crippen LogP contribution in [0.4, 0.5) is 0 Å². The Hall–Kier alpha value is 0.910. The molecule has 3 atom stereocenters. The first kappa shape index (κ1) is 15.9. The average Bonchev–Trinajstić information content (AvgIpc) is 2.15. The van der Waals surface area contributed by atoms with Crippen LogP contribution in [0.3, 0.4) is 0 Å². The van der Waals surface area contributed by atoms with Crippen LogP contribution < -0.4 is 29.6 Å². The van der Waals surface area contributed by atoms with E-state index in [4.69, 9.17) is 0 Å².